The number of esters is 1. The molecule has 1 aromatic rings. The predicted molar refractivity (Wildman–Crippen MR) is 61.4 cm³/mol. The highest BCUT2D eigenvalue weighted by molar-refractivity contribution is 5.88. The third kappa shape index (κ3) is 2.39. The Hall–Kier alpha value is -1.84. The summed E-state index contributed by atoms with van der Waals surface area (Å²) in [6, 6.07) is 3.99. The van der Waals surface area contributed by atoms with Crippen LogP contribution >= 0.6 is 0 Å². The van der Waals surface area contributed by atoms with Gasteiger partial charge in [0.2, 0.25) is 0 Å². The molecule has 0 radical (unpaired) electrons. The summed E-state index contributed by atoms with van der Waals surface area (Å²) in [7, 11) is 1.35. The molecule has 2 rings (SSSR count). The first kappa shape index (κ1) is 10.7. The molecular formula is C12H14N2O2. The van der Waals surface area contributed by atoms with E-state index in [0.29, 0.717) is 11.7 Å². The van der Waals surface area contributed by atoms with E-state index in [1.807, 2.05) is 6.07 Å². The summed E-state index contributed by atoms with van der Waals surface area (Å²) >= 11 is 0. The van der Waals surface area contributed by atoms with Gasteiger partial charge in [0.25, 0.3) is 0 Å². The quantitative estimate of drug-likeness (QED) is 0.622. The maximum absolute atomic E-state index is 11.3. The number of pyridine rings is 1. The molecule has 0 atom stereocenters. The van der Waals surface area contributed by atoms with Crippen molar-refractivity contribution < 1.29 is 9.53 Å². The van der Waals surface area contributed by atoms with Crippen LogP contribution < -0.4 is 5.32 Å². The average molecular weight is 218 g/mol. The summed E-state index contributed by atoms with van der Waals surface area (Å²) in [6.07, 6.45) is 7.96. The molecule has 16 heavy (non-hydrogen) atoms. The Bertz CT molecular complexity index is 407. The molecule has 0 amide bonds. The van der Waals surface area contributed by atoms with Crippen LogP contribution in [0.25, 0.3) is 0 Å². The lowest BCUT2D eigenvalue weighted by atomic mass is 10.2. The van der Waals surface area contributed by atoms with Gasteiger partial charge in [0.15, 0.2) is 0 Å². The fourth-order valence-electron chi connectivity index (χ4n) is 1.71. The molecule has 1 heterocycles. The Kier molecular flexibility index (Phi) is 3.19. The van der Waals surface area contributed by atoms with Crippen LogP contribution in [0.15, 0.2) is 30.5 Å². The summed E-state index contributed by atoms with van der Waals surface area (Å²) in [4.78, 5) is 15.2. The van der Waals surface area contributed by atoms with Crippen molar-refractivity contribution >= 4 is 11.7 Å². The van der Waals surface area contributed by atoms with Crippen LogP contribution in [0.1, 0.15) is 23.3 Å². The predicted octanol–water partition coefficient (Wildman–Crippen LogP) is 2.00. The minimum absolute atomic E-state index is 0.332. The van der Waals surface area contributed by atoms with E-state index in [1.165, 1.54) is 7.11 Å². The summed E-state index contributed by atoms with van der Waals surface area (Å²) < 4.78 is 4.62. The highest BCUT2D eigenvalue weighted by Gasteiger charge is 2.12. The van der Waals surface area contributed by atoms with E-state index in [4.69, 9.17) is 0 Å². The SMILES string of the molecule is COC(=O)c1cc(NC2CC=CC2)ccn1. The summed E-state index contributed by atoms with van der Waals surface area (Å²) in [6.45, 7) is 0. The molecular weight excluding hydrogens is 204 g/mol. The molecule has 0 saturated heterocycles. The van der Waals surface area contributed by atoms with E-state index in [1.54, 1.807) is 12.3 Å². The van der Waals surface area contributed by atoms with Crippen molar-refractivity contribution in [2.24, 2.45) is 0 Å². The first-order valence-electron chi connectivity index (χ1n) is 5.25. The fraction of sp³-hybridized carbons (Fsp3) is 0.333. The van der Waals surface area contributed by atoms with Gasteiger partial charge in [-0.05, 0) is 25.0 Å². The number of nitrogens with one attached hydrogen (secondary N) is 1. The Morgan fingerprint density at radius 2 is 2.25 bits per heavy atom. The number of nitrogens with zero attached hydrogens (tertiary/aromatic N) is 1. The van der Waals surface area contributed by atoms with Gasteiger partial charge < -0.3 is 10.1 Å². The highest BCUT2D eigenvalue weighted by Crippen LogP contribution is 2.17. The number of carbonyl (C=O) groups is 1. The Morgan fingerprint density at radius 3 is 2.94 bits per heavy atom. The monoisotopic (exact) mass is 218 g/mol. The molecule has 1 aromatic heterocycles. The number of hydrogen-bond donors (Lipinski definition) is 1. The van der Waals surface area contributed by atoms with Gasteiger partial charge in [-0.3, -0.25) is 0 Å². The second-order valence-electron chi connectivity index (χ2n) is 3.71. The van der Waals surface area contributed by atoms with Gasteiger partial charge in [-0.1, -0.05) is 12.2 Å². The maximum Gasteiger partial charge on any atom is 0.356 e. The number of carbonyl (C=O) groups excluding carboxylic acids is 1. The molecule has 0 aromatic carbocycles. The van der Waals surface area contributed by atoms with Crippen LogP contribution in [0.4, 0.5) is 5.69 Å². The van der Waals surface area contributed by atoms with Gasteiger partial charge in [0, 0.05) is 17.9 Å². The molecule has 0 spiro atoms. The van der Waals surface area contributed by atoms with E-state index in [-0.39, 0.29) is 0 Å². The van der Waals surface area contributed by atoms with Crippen molar-refractivity contribution in [3.05, 3.63) is 36.2 Å². The number of methoxy groups -OCH3 is 1. The van der Waals surface area contributed by atoms with Gasteiger partial charge in [0.05, 0.1) is 7.11 Å². The van der Waals surface area contributed by atoms with Gasteiger partial charge >= 0.3 is 5.97 Å². The number of hydrogen-bond acceptors (Lipinski definition) is 4. The zero-order valence-electron chi connectivity index (χ0n) is 9.14. The first-order valence-corrected chi connectivity index (χ1v) is 5.25. The zero-order valence-corrected chi connectivity index (χ0v) is 9.14. The largest absolute Gasteiger partial charge is 0.464 e. The Labute approximate surface area is 94.3 Å². The minimum atomic E-state index is -0.409. The number of rotatable bonds is 3. The van der Waals surface area contributed by atoms with Crippen molar-refractivity contribution in [2.45, 2.75) is 18.9 Å². The number of aromatic nitrogens is 1. The van der Waals surface area contributed by atoms with Crippen LogP contribution in [0.2, 0.25) is 0 Å². The zero-order chi connectivity index (χ0) is 11.4. The molecule has 0 fully saturated rings. The smallest absolute Gasteiger partial charge is 0.356 e. The Balaban J connectivity index is 2.06. The molecule has 4 heteroatoms. The van der Waals surface area contributed by atoms with E-state index in [0.717, 1.165) is 18.5 Å². The lowest BCUT2D eigenvalue weighted by molar-refractivity contribution is 0.0594. The van der Waals surface area contributed by atoms with Crippen molar-refractivity contribution in [1.29, 1.82) is 0 Å². The highest BCUT2D eigenvalue weighted by atomic mass is 16.5. The van der Waals surface area contributed by atoms with Crippen molar-refractivity contribution in [3.63, 3.8) is 0 Å². The van der Waals surface area contributed by atoms with Crippen LogP contribution in [-0.4, -0.2) is 24.1 Å². The maximum atomic E-state index is 11.3. The topological polar surface area (TPSA) is 51.2 Å². The third-order valence-corrected chi connectivity index (χ3v) is 2.53. The van der Waals surface area contributed by atoms with Gasteiger partial charge in [-0.2, -0.15) is 0 Å². The van der Waals surface area contributed by atoms with Gasteiger partial charge in [0.1, 0.15) is 5.69 Å². The lowest BCUT2D eigenvalue weighted by Gasteiger charge is -2.13. The van der Waals surface area contributed by atoms with E-state index in [2.05, 4.69) is 27.2 Å². The van der Waals surface area contributed by atoms with E-state index in [9.17, 15) is 4.79 Å². The second kappa shape index (κ2) is 4.79. The molecule has 1 aliphatic rings. The van der Waals surface area contributed by atoms with Crippen molar-refractivity contribution in [3.8, 4) is 0 Å². The summed E-state index contributed by atoms with van der Waals surface area (Å²) in [5.74, 6) is -0.409. The van der Waals surface area contributed by atoms with E-state index >= 15 is 0 Å². The average Bonchev–Trinajstić information content (AvgIpc) is 2.81. The second-order valence-corrected chi connectivity index (χ2v) is 3.71. The minimum Gasteiger partial charge on any atom is -0.464 e. The molecule has 4 nitrogen and oxygen atoms in total. The summed E-state index contributed by atoms with van der Waals surface area (Å²) in [5, 5.41) is 3.35. The molecule has 0 unspecified atom stereocenters. The van der Waals surface area contributed by atoms with Gasteiger partial charge in [-0.25, -0.2) is 9.78 Å². The third-order valence-electron chi connectivity index (χ3n) is 2.53. The van der Waals surface area contributed by atoms with Crippen LogP contribution in [0, 0.1) is 0 Å². The van der Waals surface area contributed by atoms with Crippen molar-refractivity contribution in [1.82, 2.24) is 4.98 Å². The summed E-state index contributed by atoms with van der Waals surface area (Å²) in [5.41, 5.74) is 1.24. The standard InChI is InChI=1S/C12H14N2O2/c1-16-12(15)11-8-10(6-7-13-11)14-9-4-2-3-5-9/h2-3,6-9H,4-5H2,1H3,(H,13,14). The van der Waals surface area contributed by atoms with Crippen LogP contribution in [0.3, 0.4) is 0 Å². The van der Waals surface area contributed by atoms with Crippen LogP contribution in [0.5, 0.6) is 0 Å². The molecule has 1 N–H and O–H groups in total. The fourth-order valence-corrected chi connectivity index (χ4v) is 1.71. The van der Waals surface area contributed by atoms with E-state index < -0.39 is 5.97 Å². The first-order chi connectivity index (χ1) is 7.79. The number of anilines is 1. The lowest BCUT2D eigenvalue weighted by Crippen LogP contribution is -2.15. The molecule has 0 aliphatic heterocycles. The molecule has 0 bridgehead atoms. The van der Waals surface area contributed by atoms with Gasteiger partial charge in [-0.15, -0.1) is 0 Å². The molecule has 0 saturated carbocycles. The van der Waals surface area contributed by atoms with Crippen LogP contribution in [-0.2, 0) is 4.74 Å². The number of ether oxygens (including phenoxy) is 1. The normalized spacial score (nSPS) is 15.1. The molecule has 84 valence electrons. The van der Waals surface area contributed by atoms with Crippen molar-refractivity contribution in [2.75, 3.05) is 12.4 Å². The molecule has 1 aliphatic carbocycles. The Morgan fingerprint density at radius 1 is 1.50 bits per heavy atom.